The zero-order chi connectivity index (χ0) is 19.2. The molecule has 0 saturated carbocycles. The predicted octanol–water partition coefficient (Wildman–Crippen LogP) is 3.97. The summed E-state index contributed by atoms with van der Waals surface area (Å²) in [4.78, 5) is 10.8. The summed E-state index contributed by atoms with van der Waals surface area (Å²) in [6.07, 6.45) is 1.55. The molecular weight excluding hydrogens is 340 g/mol. The minimum absolute atomic E-state index is 0.715. The summed E-state index contributed by atoms with van der Waals surface area (Å²) in [5, 5.41) is 3.35. The van der Waals surface area contributed by atoms with Gasteiger partial charge in [-0.25, -0.2) is 9.97 Å². The number of anilines is 2. The summed E-state index contributed by atoms with van der Waals surface area (Å²) in [7, 11) is 7.40. The van der Waals surface area contributed by atoms with Crippen molar-refractivity contribution >= 4 is 11.5 Å². The molecule has 6 nitrogen and oxygen atoms in total. The van der Waals surface area contributed by atoms with Crippen LogP contribution in [0, 0.1) is 0 Å². The number of benzene rings is 2. The van der Waals surface area contributed by atoms with Crippen molar-refractivity contribution in [2.24, 2.45) is 0 Å². The van der Waals surface area contributed by atoms with Crippen LogP contribution < -0.4 is 14.8 Å². The van der Waals surface area contributed by atoms with Crippen molar-refractivity contribution in [1.29, 1.82) is 0 Å². The van der Waals surface area contributed by atoms with Crippen molar-refractivity contribution in [2.45, 2.75) is 6.54 Å². The number of nitrogens with zero attached hydrogens (tertiary/aromatic N) is 3. The van der Waals surface area contributed by atoms with Gasteiger partial charge in [-0.2, -0.15) is 0 Å². The molecule has 0 bridgehead atoms. The maximum Gasteiger partial charge on any atom is 0.134 e. The van der Waals surface area contributed by atoms with E-state index in [4.69, 9.17) is 9.47 Å². The Bertz CT molecular complexity index is 912. The van der Waals surface area contributed by atoms with Crippen LogP contribution in [0.25, 0.3) is 11.3 Å². The van der Waals surface area contributed by atoms with Gasteiger partial charge in [-0.1, -0.05) is 12.1 Å². The van der Waals surface area contributed by atoms with Gasteiger partial charge in [-0.05, 0) is 44.4 Å². The fraction of sp³-hybridized carbons (Fsp3) is 0.238. The SMILES string of the molecule is COc1ccc(Nc2cc(-c3ccccc3OC)ncn2)cc1CN(C)C. The molecule has 3 rings (SSSR count). The molecule has 0 atom stereocenters. The summed E-state index contributed by atoms with van der Waals surface area (Å²) in [5.74, 6) is 2.36. The van der Waals surface area contributed by atoms with Crippen molar-refractivity contribution in [2.75, 3.05) is 33.6 Å². The summed E-state index contributed by atoms with van der Waals surface area (Å²) in [6.45, 7) is 0.787. The lowest BCUT2D eigenvalue weighted by atomic mass is 10.1. The van der Waals surface area contributed by atoms with Gasteiger partial charge in [0.25, 0.3) is 0 Å². The third-order valence-electron chi connectivity index (χ3n) is 4.09. The van der Waals surface area contributed by atoms with Crippen molar-refractivity contribution in [3.05, 3.63) is 60.4 Å². The number of ether oxygens (including phenoxy) is 2. The van der Waals surface area contributed by atoms with Crippen LogP contribution in [0.2, 0.25) is 0 Å². The molecule has 0 radical (unpaired) electrons. The highest BCUT2D eigenvalue weighted by atomic mass is 16.5. The average molecular weight is 364 g/mol. The summed E-state index contributed by atoms with van der Waals surface area (Å²) in [6, 6.07) is 15.7. The Balaban J connectivity index is 1.88. The molecule has 1 aromatic heterocycles. The van der Waals surface area contributed by atoms with Gasteiger partial charge < -0.3 is 19.7 Å². The van der Waals surface area contributed by atoms with Crippen LogP contribution in [0.5, 0.6) is 11.5 Å². The molecule has 2 aromatic carbocycles. The first-order chi connectivity index (χ1) is 13.1. The van der Waals surface area contributed by atoms with Gasteiger partial charge in [0.15, 0.2) is 0 Å². The van der Waals surface area contributed by atoms with E-state index >= 15 is 0 Å². The molecule has 0 saturated heterocycles. The van der Waals surface area contributed by atoms with E-state index in [1.54, 1.807) is 20.5 Å². The van der Waals surface area contributed by atoms with E-state index in [9.17, 15) is 0 Å². The Kier molecular flexibility index (Phi) is 5.88. The second-order valence-electron chi connectivity index (χ2n) is 6.38. The zero-order valence-electron chi connectivity index (χ0n) is 16.1. The fourth-order valence-corrected chi connectivity index (χ4v) is 2.90. The normalized spacial score (nSPS) is 10.7. The van der Waals surface area contributed by atoms with E-state index in [1.807, 2.05) is 56.6 Å². The molecule has 0 spiro atoms. The van der Waals surface area contributed by atoms with Crippen molar-refractivity contribution in [1.82, 2.24) is 14.9 Å². The lowest BCUT2D eigenvalue weighted by Gasteiger charge is -2.15. The number of rotatable bonds is 7. The quantitative estimate of drug-likeness (QED) is 0.685. The molecule has 0 aliphatic rings. The van der Waals surface area contributed by atoms with Crippen molar-refractivity contribution in [3.63, 3.8) is 0 Å². The van der Waals surface area contributed by atoms with Crippen molar-refractivity contribution in [3.8, 4) is 22.8 Å². The fourth-order valence-electron chi connectivity index (χ4n) is 2.90. The number of para-hydroxylation sites is 1. The number of hydrogen-bond acceptors (Lipinski definition) is 6. The maximum absolute atomic E-state index is 5.46. The Labute approximate surface area is 159 Å². The maximum atomic E-state index is 5.46. The van der Waals surface area contributed by atoms with Crippen LogP contribution in [-0.4, -0.2) is 43.2 Å². The van der Waals surface area contributed by atoms with E-state index in [2.05, 4.69) is 26.3 Å². The molecule has 6 heteroatoms. The number of aromatic nitrogens is 2. The van der Waals surface area contributed by atoms with Crippen LogP contribution >= 0.6 is 0 Å². The standard InChI is InChI=1S/C21H24N4O2/c1-25(2)13-15-11-16(9-10-19(15)26-3)24-21-12-18(22-14-23-21)17-7-5-6-8-20(17)27-4/h5-12,14H,13H2,1-4H3,(H,22,23,24). The van der Waals surface area contributed by atoms with Crippen molar-refractivity contribution < 1.29 is 9.47 Å². The van der Waals surface area contributed by atoms with Gasteiger partial charge in [0, 0.05) is 29.4 Å². The lowest BCUT2D eigenvalue weighted by molar-refractivity contribution is 0.372. The van der Waals surface area contributed by atoms with E-state index < -0.39 is 0 Å². The largest absolute Gasteiger partial charge is 0.496 e. The Morgan fingerprint density at radius 3 is 2.44 bits per heavy atom. The topological polar surface area (TPSA) is 59.5 Å². The van der Waals surface area contributed by atoms with Crippen LogP contribution in [-0.2, 0) is 6.54 Å². The summed E-state index contributed by atoms with van der Waals surface area (Å²) in [5.41, 5.74) is 3.77. The van der Waals surface area contributed by atoms with Gasteiger partial charge >= 0.3 is 0 Å². The molecule has 27 heavy (non-hydrogen) atoms. The average Bonchev–Trinajstić information content (AvgIpc) is 2.68. The molecular formula is C21H24N4O2. The third kappa shape index (κ3) is 4.54. The van der Waals surface area contributed by atoms with E-state index in [-0.39, 0.29) is 0 Å². The highest BCUT2D eigenvalue weighted by Crippen LogP contribution is 2.30. The molecule has 0 unspecified atom stereocenters. The Hall–Kier alpha value is -3.12. The second-order valence-corrected chi connectivity index (χ2v) is 6.38. The molecule has 1 heterocycles. The van der Waals surface area contributed by atoms with Gasteiger partial charge in [-0.15, -0.1) is 0 Å². The summed E-state index contributed by atoms with van der Waals surface area (Å²) >= 11 is 0. The van der Waals surface area contributed by atoms with Crippen LogP contribution in [0.3, 0.4) is 0 Å². The molecule has 140 valence electrons. The minimum Gasteiger partial charge on any atom is -0.496 e. The van der Waals surface area contributed by atoms with Gasteiger partial charge in [0.05, 0.1) is 19.9 Å². The Morgan fingerprint density at radius 2 is 1.70 bits per heavy atom. The predicted molar refractivity (Wildman–Crippen MR) is 108 cm³/mol. The summed E-state index contributed by atoms with van der Waals surface area (Å²) < 4.78 is 10.9. The van der Waals surface area contributed by atoms with Crippen LogP contribution in [0.1, 0.15) is 5.56 Å². The number of hydrogen-bond donors (Lipinski definition) is 1. The number of nitrogens with one attached hydrogen (secondary N) is 1. The molecule has 1 N–H and O–H groups in total. The first kappa shape index (κ1) is 18.7. The Morgan fingerprint density at radius 1 is 0.926 bits per heavy atom. The highest BCUT2D eigenvalue weighted by molar-refractivity contribution is 5.70. The number of methoxy groups -OCH3 is 2. The highest BCUT2D eigenvalue weighted by Gasteiger charge is 2.09. The minimum atomic E-state index is 0.715. The monoisotopic (exact) mass is 364 g/mol. The third-order valence-corrected chi connectivity index (χ3v) is 4.09. The lowest BCUT2D eigenvalue weighted by Crippen LogP contribution is -2.11. The van der Waals surface area contributed by atoms with E-state index in [0.717, 1.165) is 40.6 Å². The first-order valence-corrected chi connectivity index (χ1v) is 8.65. The molecule has 0 aliphatic heterocycles. The van der Waals surface area contributed by atoms with E-state index in [0.29, 0.717) is 5.82 Å². The molecule has 0 fully saturated rings. The van der Waals surface area contributed by atoms with Gasteiger partial charge in [0.1, 0.15) is 23.6 Å². The van der Waals surface area contributed by atoms with Gasteiger partial charge in [-0.3, -0.25) is 0 Å². The smallest absolute Gasteiger partial charge is 0.134 e. The second kappa shape index (κ2) is 8.51. The molecule has 0 aliphatic carbocycles. The van der Waals surface area contributed by atoms with Crippen LogP contribution in [0.15, 0.2) is 54.9 Å². The zero-order valence-corrected chi connectivity index (χ0v) is 16.1. The van der Waals surface area contributed by atoms with Crippen LogP contribution in [0.4, 0.5) is 11.5 Å². The molecule has 3 aromatic rings. The van der Waals surface area contributed by atoms with Gasteiger partial charge in [0.2, 0.25) is 0 Å². The first-order valence-electron chi connectivity index (χ1n) is 8.65. The molecule has 0 amide bonds. The van der Waals surface area contributed by atoms with E-state index in [1.165, 1.54) is 0 Å².